The summed E-state index contributed by atoms with van der Waals surface area (Å²) in [5, 5.41) is 0. The van der Waals surface area contributed by atoms with Gasteiger partial charge in [-0.3, -0.25) is 0 Å². The molecule has 1 fully saturated rings. The molecule has 0 bridgehead atoms. The molecule has 0 saturated carbocycles. The average Bonchev–Trinajstić information content (AvgIpc) is 3.09. The molecule has 1 rings (SSSR count). The minimum absolute atomic E-state index is 0.315. The zero-order valence-corrected chi connectivity index (χ0v) is 32.9. The van der Waals surface area contributed by atoms with Crippen LogP contribution in [0.15, 0.2) is 48.6 Å². The van der Waals surface area contributed by atoms with Gasteiger partial charge in [0.1, 0.15) is 0 Å². The van der Waals surface area contributed by atoms with E-state index in [9.17, 15) is 0 Å². The lowest BCUT2D eigenvalue weighted by molar-refractivity contribution is -0.290. The molecule has 0 N–H and O–H groups in total. The van der Waals surface area contributed by atoms with Gasteiger partial charge in [-0.15, -0.1) is 0 Å². The lowest BCUT2D eigenvalue weighted by Gasteiger charge is -2.41. The highest BCUT2D eigenvalue weighted by Gasteiger charge is 2.36. The molecule has 0 aromatic rings. The fourth-order valence-corrected chi connectivity index (χ4v) is 6.68. The van der Waals surface area contributed by atoms with Gasteiger partial charge < -0.3 is 14.4 Å². The van der Waals surface area contributed by atoms with Crippen molar-refractivity contribution in [2.45, 2.75) is 199 Å². The Morgan fingerprint density at radius 1 is 0.500 bits per heavy atom. The van der Waals surface area contributed by atoms with Gasteiger partial charge >= 0.3 is 0 Å². The van der Waals surface area contributed by atoms with Crippen molar-refractivity contribution in [3.05, 3.63) is 48.6 Å². The van der Waals surface area contributed by atoms with Gasteiger partial charge in [0.25, 0.3) is 0 Å². The Bertz CT molecular complexity index is 774. The van der Waals surface area contributed by atoms with Gasteiger partial charge in [-0.2, -0.15) is 0 Å². The Morgan fingerprint density at radius 3 is 1.42 bits per heavy atom. The Kier molecular flexibility index (Phi) is 32.1. The van der Waals surface area contributed by atoms with Crippen molar-refractivity contribution < 1.29 is 9.47 Å². The Labute approximate surface area is 301 Å². The van der Waals surface area contributed by atoms with E-state index in [0.717, 1.165) is 32.5 Å². The van der Waals surface area contributed by atoms with Crippen molar-refractivity contribution in [3.8, 4) is 0 Å². The van der Waals surface area contributed by atoms with Crippen LogP contribution < -0.4 is 0 Å². The molecule has 0 amide bonds. The van der Waals surface area contributed by atoms with Crippen molar-refractivity contribution >= 4 is 0 Å². The summed E-state index contributed by atoms with van der Waals surface area (Å²) in [5.41, 5.74) is 0. The third kappa shape index (κ3) is 28.7. The number of nitrogens with zero attached hydrogens (tertiary/aromatic N) is 1. The first-order chi connectivity index (χ1) is 23.6. The topological polar surface area (TPSA) is 21.7 Å². The second-order valence-corrected chi connectivity index (χ2v) is 15.0. The highest BCUT2D eigenvalue weighted by atomic mass is 16.7. The molecule has 0 aromatic heterocycles. The molecule has 0 aliphatic carbocycles. The molecular formula is C45H83NO2. The lowest BCUT2D eigenvalue weighted by Crippen LogP contribution is -2.44. The largest absolute Gasteiger partial charge is 0.350 e. The Balaban J connectivity index is 2.24. The standard InChI is InChI=1S/C45H83NO2/c1-5-7-9-11-13-15-17-19-21-23-25-27-29-31-33-36-40-45(47-42-44(43-48-45)38-34-37-41-46(3)4)39-35-32-30-28-26-24-22-20-18-16-14-12-10-8-6-2/h13-16,18-21,44H,5-12,17,22-43H2,1-4H3/b15-13-,16-14-,20-18+,21-19-. The monoisotopic (exact) mass is 670 g/mol. The summed E-state index contributed by atoms with van der Waals surface area (Å²) in [5.74, 6) is 0.256. The fraction of sp³-hybridized carbons (Fsp3) is 0.822. The molecule has 48 heavy (non-hydrogen) atoms. The zero-order valence-electron chi connectivity index (χ0n) is 32.9. The van der Waals surface area contributed by atoms with E-state index in [1.807, 2.05) is 0 Å². The molecule has 1 aliphatic heterocycles. The Hall–Kier alpha value is -1.16. The number of hydrogen-bond donors (Lipinski definition) is 0. The van der Waals surface area contributed by atoms with Crippen LogP contribution in [0.5, 0.6) is 0 Å². The SMILES string of the molecule is CCCCC/C=C\C=C\CCCCCCCCC1(CCCCCCCC/C=C\C/C=C\CCCCC)OCC(CCCCN(C)C)CO1. The van der Waals surface area contributed by atoms with Crippen molar-refractivity contribution in [1.29, 1.82) is 0 Å². The van der Waals surface area contributed by atoms with E-state index in [1.54, 1.807) is 0 Å². The quantitative estimate of drug-likeness (QED) is 0.0387. The van der Waals surface area contributed by atoms with E-state index in [4.69, 9.17) is 9.47 Å². The van der Waals surface area contributed by atoms with Crippen LogP contribution in [-0.4, -0.2) is 44.5 Å². The molecule has 0 aromatic carbocycles. The number of hydrogen-bond acceptors (Lipinski definition) is 3. The van der Waals surface area contributed by atoms with Crippen LogP contribution in [0.3, 0.4) is 0 Å². The van der Waals surface area contributed by atoms with Crippen molar-refractivity contribution in [2.24, 2.45) is 5.92 Å². The van der Waals surface area contributed by atoms with Crippen molar-refractivity contribution in [3.63, 3.8) is 0 Å². The fourth-order valence-electron chi connectivity index (χ4n) is 6.68. The van der Waals surface area contributed by atoms with Gasteiger partial charge in [-0.25, -0.2) is 0 Å². The number of ether oxygens (including phenoxy) is 2. The van der Waals surface area contributed by atoms with Gasteiger partial charge in [0.2, 0.25) is 0 Å². The van der Waals surface area contributed by atoms with E-state index < -0.39 is 0 Å². The molecule has 3 heteroatoms. The molecule has 0 unspecified atom stereocenters. The number of rotatable bonds is 34. The second kappa shape index (κ2) is 34.3. The average molecular weight is 670 g/mol. The molecule has 1 heterocycles. The zero-order chi connectivity index (χ0) is 34.6. The molecule has 1 aliphatic rings. The maximum Gasteiger partial charge on any atom is 0.168 e. The van der Waals surface area contributed by atoms with Crippen LogP contribution in [0.2, 0.25) is 0 Å². The van der Waals surface area contributed by atoms with Crippen molar-refractivity contribution in [1.82, 2.24) is 4.90 Å². The third-order valence-electron chi connectivity index (χ3n) is 9.93. The van der Waals surface area contributed by atoms with Gasteiger partial charge in [0, 0.05) is 18.8 Å². The molecular weight excluding hydrogens is 587 g/mol. The summed E-state index contributed by atoms with van der Waals surface area (Å²) >= 11 is 0. The summed E-state index contributed by atoms with van der Waals surface area (Å²) < 4.78 is 13.3. The lowest BCUT2D eigenvalue weighted by atomic mass is 9.96. The summed E-state index contributed by atoms with van der Waals surface area (Å²) in [6.45, 7) is 7.51. The maximum absolute atomic E-state index is 6.64. The van der Waals surface area contributed by atoms with E-state index in [2.05, 4.69) is 81.5 Å². The smallest absolute Gasteiger partial charge is 0.168 e. The first-order valence-electron chi connectivity index (χ1n) is 21.2. The second-order valence-electron chi connectivity index (χ2n) is 15.0. The molecule has 0 spiro atoms. The van der Waals surface area contributed by atoms with Crippen LogP contribution in [0.4, 0.5) is 0 Å². The van der Waals surface area contributed by atoms with Gasteiger partial charge in [0.05, 0.1) is 13.2 Å². The number of allylic oxidation sites excluding steroid dienone is 8. The maximum atomic E-state index is 6.64. The van der Waals surface area contributed by atoms with Crippen LogP contribution in [-0.2, 0) is 9.47 Å². The molecule has 0 atom stereocenters. The van der Waals surface area contributed by atoms with Crippen LogP contribution in [0.25, 0.3) is 0 Å². The van der Waals surface area contributed by atoms with E-state index >= 15 is 0 Å². The van der Waals surface area contributed by atoms with E-state index in [-0.39, 0.29) is 5.79 Å². The van der Waals surface area contributed by atoms with Gasteiger partial charge in [0.15, 0.2) is 5.79 Å². The minimum atomic E-state index is -0.315. The van der Waals surface area contributed by atoms with E-state index in [1.165, 1.54) is 167 Å². The first-order valence-corrected chi connectivity index (χ1v) is 21.2. The number of unbranched alkanes of at least 4 members (excludes halogenated alkanes) is 19. The van der Waals surface area contributed by atoms with Gasteiger partial charge in [-0.05, 0) is 104 Å². The summed E-state index contributed by atoms with van der Waals surface area (Å²) in [7, 11) is 4.34. The highest BCUT2D eigenvalue weighted by molar-refractivity contribution is 5.02. The summed E-state index contributed by atoms with van der Waals surface area (Å²) in [6.07, 6.45) is 54.4. The summed E-state index contributed by atoms with van der Waals surface area (Å²) in [6, 6.07) is 0. The van der Waals surface area contributed by atoms with E-state index in [0.29, 0.717) is 5.92 Å². The highest BCUT2D eigenvalue weighted by Crippen LogP contribution is 2.34. The molecule has 3 nitrogen and oxygen atoms in total. The van der Waals surface area contributed by atoms with Crippen LogP contribution in [0, 0.1) is 5.92 Å². The normalized spacial score (nSPS) is 19.0. The Morgan fingerprint density at radius 2 is 0.938 bits per heavy atom. The van der Waals surface area contributed by atoms with Crippen molar-refractivity contribution in [2.75, 3.05) is 33.9 Å². The predicted octanol–water partition coefficient (Wildman–Crippen LogP) is 14.1. The molecule has 280 valence electrons. The molecule has 0 radical (unpaired) electrons. The third-order valence-corrected chi connectivity index (χ3v) is 9.93. The predicted molar refractivity (Wildman–Crippen MR) is 214 cm³/mol. The molecule has 1 saturated heterocycles. The van der Waals surface area contributed by atoms with Gasteiger partial charge in [-0.1, -0.05) is 146 Å². The first kappa shape index (κ1) is 44.9. The summed E-state index contributed by atoms with van der Waals surface area (Å²) in [4.78, 5) is 2.29. The minimum Gasteiger partial charge on any atom is -0.350 e. The van der Waals surface area contributed by atoms with Crippen LogP contribution >= 0.6 is 0 Å². The van der Waals surface area contributed by atoms with Crippen LogP contribution in [0.1, 0.15) is 194 Å².